The molecule has 2 aliphatic rings. The van der Waals surface area contributed by atoms with Gasteiger partial charge in [-0.05, 0) is 36.8 Å². The van der Waals surface area contributed by atoms with Crippen molar-refractivity contribution < 1.29 is 14.3 Å². The maximum Gasteiger partial charge on any atom is 0.264 e. The molecule has 2 aromatic rings. The van der Waals surface area contributed by atoms with Crippen molar-refractivity contribution in [1.29, 1.82) is 0 Å². The molecule has 150 valence electrons. The van der Waals surface area contributed by atoms with Gasteiger partial charge in [0.15, 0.2) is 0 Å². The van der Waals surface area contributed by atoms with Gasteiger partial charge in [0.1, 0.15) is 6.54 Å². The maximum atomic E-state index is 12.8. The number of carbonyl (C=O) groups excluding carboxylic acids is 2. The molecule has 0 radical (unpaired) electrons. The minimum Gasteiger partial charge on any atom is -0.376 e. The van der Waals surface area contributed by atoms with Gasteiger partial charge in [-0.1, -0.05) is 0 Å². The monoisotopic (exact) mass is 402 g/mol. The van der Waals surface area contributed by atoms with Crippen LogP contribution in [0.4, 0.5) is 0 Å². The number of hydrogen-bond acceptors (Lipinski definition) is 5. The van der Waals surface area contributed by atoms with E-state index < -0.39 is 0 Å². The molecule has 2 aliphatic heterocycles. The summed E-state index contributed by atoms with van der Waals surface area (Å²) in [5.41, 5.74) is 4.38. The van der Waals surface area contributed by atoms with E-state index in [4.69, 9.17) is 9.84 Å². The van der Waals surface area contributed by atoms with Crippen molar-refractivity contribution in [1.82, 2.24) is 20.0 Å². The molecule has 1 fully saturated rings. The minimum absolute atomic E-state index is 0.0462. The third-order valence-corrected chi connectivity index (χ3v) is 6.73. The van der Waals surface area contributed by atoms with Crippen LogP contribution in [0.25, 0.3) is 0 Å². The molecular formula is C20H26N4O3S. The molecule has 1 saturated heterocycles. The van der Waals surface area contributed by atoms with Crippen molar-refractivity contribution in [3.63, 3.8) is 0 Å². The summed E-state index contributed by atoms with van der Waals surface area (Å²) in [4.78, 5) is 27.4. The van der Waals surface area contributed by atoms with Gasteiger partial charge in [-0.3, -0.25) is 14.3 Å². The minimum atomic E-state index is -0.0462. The van der Waals surface area contributed by atoms with Gasteiger partial charge in [-0.2, -0.15) is 5.10 Å². The fourth-order valence-electron chi connectivity index (χ4n) is 4.10. The zero-order chi connectivity index (χ0) is 19.7. The summed E-state index contributed by atoms with van der Waals surface area (Å²) in [5, 5.41) is 9.46. The third-order valence-electron chi connectivity index (χ3n) is 5.72. The number of carbonyl (C=O) groups is 2. The fraction of sp³-hybridized carbons (Fsp3) is 0.550. The molecule has 2 amide bonds. The van der Waals surface area contributed by atoms with E-state index in [1.165, 1.54) is 11.3 Å². The number of rotatable bonds is 4. The van der Waals surface area contributed by atoms with Gasteiger partial charge in [0.25, 0.3) is 5.91 Å². The number of thiophene rings is 1. The predicted octanol–water partition coefficient (Wildman–Crippen LogP) is 2.09. The van der Waals surface area contributed by atoms with Crippen LogP contribution in [0.1, 0.15) is 50.9 Å². The number of aryl methyl sites for hydroxylation is 1. The molecule has 2 aromatic heterocycles. The zero-order valence-electron chi connectivity index (χ0n) is 16.4. The lowest BCUT2D eigenvalue weighted by molar-refractivity contribution is -0.121. The average Bonchev–Trinajstić information content (AvgIpc) is 3.31. The number of piperidine rings is 1. The average molecular weight is 403 g/mol. The molecule has 4 rings (SSSR count). The number of nitrogens with one attached hydrogen (secondary N) is 1. The van der Waals surface area contributed by atoms with E-state index >= 15 is 0 Å². The number of ether oxygens (including phenoxy) is 1. The van der Waals surface area contributed by atoms with E-state index in [1.807, 2.05) is 28.0 Å². The van der Waals surface area contributed by atoms with Crippen LogP contribution in [0.2, 0.25) is 0 Å². The van der Waals surface area contributed by atoms with Crippen LogP contribution in [0.5, 0.6) is 0 Å². The summed E-state index contributed by atoms with van der Waals surface area (Å²) in [7, 11) is 1.64. The van der Waals surface area contributed by atoms with Gasteiger partial charge in [-0.15, -0.1) is 11.3 Å². The summed E-state index contributed by atoms with van der Waals surface area (Å²) >= 11 is 1.52. The highest BCUT2D eigenvalue weighted by molar-refractivity contribution is 7.12. The number of likely N-dealkylation sites (tertiary alicyclic amines) is 1. The van der Waals surface area contributed by atoms with E-state index in [0.717, 1.165) is 59.7 Å². The van der Waals surface area contributed by atoms with Crippen molar-refractivity contribution in [2.75, 3.05) is 26.7 Å². The SMILES string of the molecule is CNC(=O)Cn1nc(C2CCN(C(=O)c3sccc3C)CC2)c2c1CCOC2. The number of likely N-dealkylation sites (N-methyl/N-ethyl adjacent to an activating group) is 1. The fourth-order valence-corrected chi connectivity index (χ4v) is 4.99. The van der Waals surface area contributed by atoms with Gasteiger partial charge in [0.05, 0.1) is 23.8 Å². The normalized spacial score (nSPS) is 17.4. The van der Waals surface area contributed by atoms with Gasteiger partial charge in [-0.25, -0.2) is 0 Å². The Morgan fingerprint density at radius 2 is 2.14 bits per heavy atom. The van der Waals surface area contributed by atoms with Crippen LogP contribution in [-0.2, 0) is 29.1 Å². The molecule has 0 saturated carbocycles. The third kappa shape index (κ3) is 3.58. The highest BCUT2D eigenvalue weighted by Gasteiger charge is 2.31. The first kappa shape index (κ1) is 19.1. The lowest BCUT2D eigenvalue weighted by Gasteiger charge is -2.31. The summed E-state index contributed by atoms with van der Waals surface area (Å²) in [6.45, 7) is 4.93. The van der Waals surface area contributed by atoms with Gasteiger partial charge in [0, 0.05) is 43.7 Å². The summed E-state index contributed by atoms with van der Waals surface area (Å²) in [6.07, 6.45) is 2.56. The van der Waals surface area contributed by atoms with E-state index in [9.17, 15) is 9.59 Å². The van der Waals surface area contributed by atoms with E-state index in [0.29, 0.717) is 19.1 Å². The molecular weight excluding hydrogens is 376 g/mol. The number of hydrogen-bond donors (Lipinski definition) is 1. The van der Waals surface area contributed by atoms with Crippen LogP contribution >= 0.6 is 11.3 Å². The Balaban J connectivity index is 1.49. The molecule has 1 N–H and O–H groups in total. The van der Waals surface area contributed by atoms with Gasteiger partial charge >= 0.3 is 0 Å². The van der Waals surface area contributed by atoms with Gasteiger partial charge < -0.3 is 15.0 Å². The molecule has 8 heteroatoms. The Labute approximate surface area is 168 Å². The van der Waals surface area contributed by atoms with Crippen LogP contribution in [0.15, 0.2) is 11.4 Å². The molecule has 0 unspecified atom stereocenters. The van der Waals surface area contributed by atoms with Crippen LogP contribution in [0.3, 0.4) is 0 Å². The van der Waals surface area contributed by atoms with Gasteiger partial charge in [0.2, 0.25) is 5.91 Å². The second-order valence-corrected chi connectivity index (χ2v) is 8.36. The van der Waals surface area contributed by atoms with E-state index in [1.54, 1.807) is 7.05 Å². The number of amides is 2. The van der Waals surface area contributed by atoms with Crippen molar-refractivity contribution in [3.05, 3.63) is 38.8 Å². The van der Waals surface area contributed by atoms with Crippen LogP contribution in [-0.4, -0.2) is 53.2 Å². The molecule has 7 nitrogen and oxygen atoms in total. The zero-order valence-corrected chi connectivity index (χ0v) is 17.2. The first-order valence-corrected chi connectivity index (χ1v) is 10.7. The summed E-state index contributed by atoms with van der Waals surface area (Å²) < 4.78 is 7.52. The van der Waals surface area contributed by atoms with Crippen molar-refractivity contribution in [2.24, 2.45) is 0 Å². The lowest BCUT2D eigenvalue weighted by Crippen LogP contribution is -2.38. The molecule has 0 bridgehead atoms. The summed E-state index contributed by atoms with van der Waals surface area (Å²) in [6, 6.07) is 2.00. The van der Waals surface area contributed by atoms with E-state index in [-0.39, 0.29) is 18.4 Å². The molecule has 0 aliphatic carbocycles. The predicted molar refractivity (Wildman–Crippen MR) is 107 cm³/mol. The Hall–Kier alpha value is -2.19. The molecule has 0 aromatic carbocycles. The molecule has 28 heavy (non-hydrogen) atoms. The van der Waals surface area contributed by atoms with Crippen LogP contribution < -0.4 is 5.32 Å². The molecule has 4 heterocycles. The smallest absolute Gasteiger partial charge is 0.264 e. The van der Waals surface area contributed by atoms with Crippen molar-refractivity contribution >= 4 is 23.2 Å². The lowest BCUT2D eigenvalue weighted by atomic mass is 9.90. The van der Waals surface area contributed by atoms with Crippen molar-refractivity contribution in [3.8, 4) is 0 Å². The highest BCUT2D eigenvalue weighted by atomic mass is 32.1. The second kappa shape index (κ2) is 8.05. The quantitative estimate of drug-likeness (QED) is 0.850. The molecule has 0 spiro atoms. The summed E-state index contributed by atoms with van der Waals surface area (Å²) in [5.74, 6) is 0.395. The Bertz CT molecular complexity index is 880. The number of aromatic nitrogens is 2. The Kier molecular flexibility index (Phi) is 5.50. The Morgan fingerprint density at radius 1 is 1.36 bits per heavy atom. The largest absolute Gasteiger partial charge is 0.376 e. The van der Waals surface area contributed by atoms with E-state index in [2.05, 4.69) is 5.32 Å². The van der Waals surface area contributed by atoms with Crippen LogP contribution in [0, 0.1) is 6.92 Å². The standard InChI is InChI=1S/C20H26N4O3S/c1-13-6-10-28-19(13)20(26)23-7-3-14(4-8-23)18-15-12-27-9-5-16(15)24(22-18)11-17(25)21-2/h6,10,14H,3-5,7-9,11-12H2,1-2H3,(H,21,25). The topological polar surface area (TPSA) is 76.5 Å². The second-order valence-electron chi connectivity index (χ2n) is 7.44. The first-order chi connectivity index (χ1) is 13.6. The highest BCUT2D eigenvalue weighted by Crippen LogP contribution is 2.34. The maximum absolute atomic E-state index is 12.8. The van der Waals surface area contributed by atoms with Crippen molar-refractivity contribution in [2.45, 2.75) is 45.3 Å². The molecule has 0 atom stereocenters. The number of nitrogens with zero attached hydrogens (tertiary/aromatic N) is 3. The first-order valence-electron chi connectivity index (χ1n) is 9.78. The number of fused-ring (bicyclic) bond motifs is 1. The Morgan fingerprint density at radius 3 is 2.82 bits per heavy atom.